The molecular formula is C28H30N2O5S. The first kappa shape index (κ1) is 25.4. The maximum atomic E-state index is 13.9. The number of likely N-dealkylation sites (N-methyl/N-ethyl adjacent to an activating group) is 1. The van der Waals surface area contributed by atoms with E-state index in [1.54, 1.807) is 43.0 Å². The van der Waals surface area contributed by atoms with Crippen LogP contribution in [0.2, 0.25) is 0 Å². The van der Waals surface area contributed by atoms with E-state index in [0.717, 1.165) is 16.0 Å². The molecule has 0 bridgehead atoms. The van der Waals surface area contributed by atoms with Crippen LogP contribution >= 0.6 is 11.8 Å². The number of nitrogens with one attached hydrogen (secondary N) is 1. The third kappa shape index (κ3) is 4.73. The molecular weight excluding hydrogens is 476 g/mol. The van der Waals surface area contributed by atoms with Gasteiger partial charge in [-0.1, -0.05) is 30.3 Å². The molecule has 0 unspecified atom stereocenters. The number of fused-ring (bicyclic) bond motifs is 1. The Morgan fingerprint density at radius 3 is 2.22 bits per heavy atom. The van der Waals surface area contributed by atoms with E-state index in [1.807, 2.05) is 54.8 Å². The zero-order valence-electron chi connectivity index (χ0n) is 21.0. The molecule has 0 fully saturated rings. The second kappa shape index (κ2) is 11.0. The lowest BCUT2D eigenvalue weighted by atomic mass is 9.79. The predicted molar refractivity (Wildman–Crippen MR) is 140 cm³/mol. The first-order chi connectivity index (χ1) is 17.4. The molecule has 0 aliphatic carbocycles. The minimum absolute atomic E-state index is 0.182. The smallest absolute Gasteiger partial charge is 0.254 e. The number of nitrogens with zero attached hydrogens (tertiary/aromatic N) is 1. The van der Waals surface area contributed by atoms with Crippen LogP contribution in [0, 0.1) is 0 Å². The molecule has 0 saturated carbocycles. The lowest BCUT2D eigenvalue weighted by Crippen LogP contribution is -2.45. The predicted octanol–water partition coefficient (Wildman–Crippen LogP) is 4.66. The molecule has 0 spiro atoms. The first-order valence-electron chi connectivity index (χ1n) is 11.5. The van der Waals surface area contributed by atoms with E-state index in [0.29, 0.717) is 28.4 Å². The standard InChI is InChI=1S/C28H30N2O5S/c1-30-26(17-10-12-19(36-5)13-11-17)25(27(31)29-16-18-8-6-7-9-22(18)33-2)20-14-23(34-3)24(35-4)15-21(20)28(30)32/h6-15,25-26H,16H2,1-5H3,(H,29,31)/t25-,26+/m1/s1. The summed E-state index contributed by atoms with van der Waals surface area (Å²) in [6.07, 6.45) is 2.01. The highest BCUT2D eigenvalue weighted by atomic mass is 32.2. The van der Waals surface area contributed by atoms with E-state index >= 15 is 0 Å². The number of carbonyl (C=O) groups excluding carboxylic acids is 2. The van der Waals surface area contributed by atoms with E-state index in [1.165, 1.54) is 14.2 Å². The number of hydrogen-bond donors (Lipinski definition) is 1. The summed E-state index contributed by atoms with van der Waals surface area (Å²) in [6.45, 7) is 0.289. The maximum absolute atomic E-state index is 13.9. The number of thioether (sulfide) groups is 1. The van der Waals surface area contributed by atoms with Gasteiger partial charge in [0.15, 0.2) is 11.5 Å². The fraction of sp³-hybridized carbons (Fsp3) is 0.286. The highest BCUT2D eigenvalue weighted by Crippen LogP contribution is 2.45. The third-order valence-electron chi connectivity index (χ3n) is 6.56. The maximum Gasteiger partial charge on any atom is 0.254 e. The molecule has 1 aliphatic rings. The Bertz CT molecular complexity index is 1260. The monoisotopic (exact) mass is 506 g/mol. The van der Waals surface area contributed by atoms with Crippen molar-refractivity contribution in [1.82, 2.24) is 10.2 Å². The molecule has 2 amide bonds. The number of benzene rings is 3. The van der Waals surface area contributed by atoms with E-state index in [9.17, 15) is 9.59 Å². The number of carbonyl (C=O) groups is 2. The molecule has 0 saturated heterocycles. The summed E-state index contributed by atoms with van der Waals surface area (Å²) in [5.41, 5.74) is 2.76. The van der Waals surface area contributed by atoms with E-state index in [-0.39, 0.29) is 18.4 Å². The molecule has 3 aromatic rings. The van der Waals surface area contributed by atoms with Crippen molar-refractivity contribution < 1.29 is 23.8 Å². The molecule has 7 nitrogen and oxygen atoms in total. The molecule has 36 heavy (non-hydrogen) atoms. The Hall–Kier alpha value is -3.65. The van der Waals surface area contributed by atoms with Gasteiger partial charge in [-0.25, -0.2) is 0 Å². The van der Waals surface area contributed by atoms with Crippen LogP contribution < -0.4 is 19.5 Å². The van der Waals surface area contributed by atoms with Gasteiger partial charge in [0.1, 0.15) is 5.75 Å². The zero-order chi connectivity index (χ0) is 25.8. The van der Waals surface area contributed by atoms with Crippen molar-refractivity contribution in [1.29, 1.82) is 0 Å². The Morgan fingerprint density at radius 2 is 1.58 bits per heavy atom. The van der Waals surface area contributed by atoms with Crippen molar-refractivity contribution in [2.45, 2.75) is 23.4 Å². The van der Waals surface area contributed by atoms with Crippen LogP contribution in [0.15, 0.2) is 65.6 Å². The molecule has 0 aromatic heterocycles. The highest BCUT2D eigenvalue weighted by molar-refractivity contribution is 7.98. The van der Waals surface area contributed by atoms with Crippen LogP contribution in [-0.4, -0.2) is 51.3 Å². The SMILES string of the molecule is COc1ccccc1CNC(=O)[C@@H]1c2cc(OC)c(OC)cc2C(=O)N(C)[C@H]1c1ccc(SC)cc1. The summed E-state index contributed by atoms with van der Waals surface area (Å²) in [5, 5.41) is 3.07. The molecule has 4 rings (SSSR count). The van der Waals surface area contributed by atoms with Crippen molar-refractivity contribution in [2.24, 2.45) is 0 Å². The summed E-state index contributed by atoms with van der Waals surface area (Å²) in [4.78, 5) is 30.1. The van der Waals surface area contributed by atoms with Gasteiger partial charge in [0.25, 0.3) is 5.91 Å². The van der Waals surface area contributed by atoms with Gasteiger partial charge in [-0.05, 0) is 47.7 Å². The molecule has 1 N–H and O–H groups in total. The van der Waals surface area contributed by atoms with Crippen LogP contribution in [0.1, 0.15) is 39.0 Å². The molecule has 3 aromatic carbocycles. The molecule has 8 heteroatoms. The van der Waals surface area contributed by atoms with E-state index in [4.69, 9.17) is 14.2 Å². The largest absolute Gasteiger partial charge is 0.496 e. The number of amides is 2. The average Bonchev–Trinajstić information content (AvgIpc) is 2.92. The van der Waals surface area contributed by atoms with Gasteiger partial charge in [0, 0.05) is 29.6 Å². The van der Waals surface area contributed by atoms with Gasteiger partial charge in [-0.3, -0.25) is 9.59 Å². The summed E-state index contributed by atoms with van der Waals surface area (Å²) in [6, 6.07) is 18.4. The number of hydrogen-bond acceptors (Lipinski definition) is 6. The van der Waals surface area contributed by atoms with Gasteiger partial charge in [-0.2, -0.15) is 0 Å². The molecule has 188 valence electrons. The molecule has 1 heterocycles. The van der Waals surface area contributed by atoms with Crippen LogP contribution in [0.25, 0.3) is 0 Å². The quantitative estimate of drug-likeness (QED) is 0.448. The average molecular weight is 507 g/mol. The normalized spacial score (nSPS) is 16.8. The summed E-state index contributed by atoms with van der Waals surface area (Å²) in [7, 11) is 6.40. The third-order valence-corrected chi connectivity index (χ3v) is 7.30. The van der Waals surface area contributed by atoms with Crippen LogP contribution in [0.5, 0.6) is 17.2 Å². The van der Waals surface area contributed by atoms with Crippen molar-refractivity contribution in [3.8, 4) is 17.2 Å². The fourth-order valence-electron chi connectivity index (χ4n) is 4.69. The van der Waals surface area contributed by atoms with Gasteiger partial charge in [0.05, 0.1) is 33.3 Å². The molecule has 1 aliphatic heterocycles. The Labute approximate surface area is 215 Å². The minimum Gasteiger partial charge on any atom is -0.496 e. The molecule has 2 atom stereocenters. The Kier molecular flexibility index (Phi) is 7.74. The summed E-state index contributed by atoms with van der Waals surface area (Å²) < 4.78 is 16.4. The number of para-hydroxylation sites is 1. The second-order valence-electron chi connectivity index (χ2n) is 8.44. The number of ether oxygens (including phenoxy) is 3. The first-order valence-corrected chi connectivity index (χ1v) is 12.7. The van der Waals surface area contributed by atoms with Crippen LogP contribution in [-0.2, 0) is 11.3 Å². The van der Waals surface area contributed by atoms with Crippen LogP contribution in [0.4, 0.5) is 0 Å². The second-order valence-corrected chi connectivity index (χ2v) is 9.32. The number of methoxy groups -OCH3 is 3. The van der Waals surface area contributed by atoms with Gasteiger partial charge >= 0.3 is 0 Å². The minimum atomic E-state index is -0.669. The van der Waals surface area contributed by atoms with Gasteiger partial charge in [0.2, 0.25) is 5.91 Å². The Balaban J connectivity index is 1.80. The molecule has 0 radical (unpaired) electrons. The fourth-order valence-corrected chi connectivity index (χ4v) is 5.10. The lowest BCUT2D eigenvalue weighted by molar-refractivity contribution is -0.124. The Morgan fingerprint density at radius 1 is 0.944 bits per heavy atom. The highest BCUT2D eigenvalue weighted by Gasteiger charge is 2.43. The van der Waals surface area contributed by atoms with E-state index < -0.39 is 12.0 Å². The van der Waals surface area contributed by atoms with Crippen molar-refractivity contribution in [3.05, 3.63) is 82.9 Å². The van der Waals surface area contributed by atoms with E-state index in [2.05, 4.69) is 5.32 Å². The van der Waals surface area contributed by atoms with Gasteiger partial charge < -0.3 is 24.4 Å². The zero-order valence-corrected chi connectivity index (χ0v) is 21.8. The van der Waals surface area contributed by atoms with Crippen LogP contribution in [0.3, 0.4) is 0 Å². The van der Waals surface area contributed by atoms with Crippen molar-refractivity contribution in [2.75, 3.05) is 34.6 Å². The topological polar surface area (TPSA) is 77.1 Å². The number of rotatable bonds is 8. The van der Waals surface area contributed by atoms with Crippen molar-refractivity contribution in [3.63, 3.8) is 0 Å². The van der Waals surface area contributed by atoms with Crippen molar-refractivity contribution >= 4 is 23.6 Å². The lowest BCUT2D eigenvalue weighted by Gasteiger charge is -2.40. The van der Waals surface area contributed by atoms with Gasteiger partial charge in [-0.15, -0.1) is 11.8 Å². The summed E-state index contributed by atoms with van der Waals surface area (Å²) >= 11 is 1.64. The summed E-state index contributed by atoms with van der Waals surface area (Å²) in [5.74, 6) is 0.551.